The Labute approximate surface area is 129 Å². The summed E-state index contributed by atoms with van der Waals surface area (Å²) in [6, 6.07) is 11.8. The Balaban J connectivity index is 1.92. The highest BCUT2D eigenvalue weighted by atomic mass is 32.2. The summed E-state index contributed by atoms with van der Waals surface area (Å²) in [5, 5.41) is 3.71. The van der Waals surface area contributed by atoms with Crippen LogP contribution in [0.25, 0.3) is 0 Å². The smallest absolute Gasteiger partial charge is 0.252 e. The standard InChI is InChI=1S/C16H21N3OS/c1-12(2)21-11-14-10-15(20)19-16(18-14)17-9-8-13-6-4-3-5-7-13/h3-7,10,12H,8-9,11H2,1-2H3,(H2,17,18,19,20). The summed E-state index contributed by atoms with van der Waals surface area (Å²) in [4.78, 5) is 18.8. The first kappa shape index (κ1) is 15.6. The van der Waals surface area contributed by atoms with E-state index >= 15 is 0 Å². The van der Waals surface area contributed by atoms with E-state index in [2.05, 4.69) is 41.3 Å². The largest absolute Gasteiger partial charge is 0.355 e. The van der Waals surface area contributed by atoms with Gasteiger partial charge in [0.1, 0.15) is 0 Å². The van der Waals surface area contributed by atoms with Crippen molar-refractivity contribution in [3.05, 3.63) is 58.0 Å². The third-order valence-electron chi connectivity index (χ3n) is 2.91. The number of anilines is 1. The van der Waals surface area contributed by atoms with Crippen molar-refractivity contribution >= 4 is 17.7 Å². The van der Waals surface area contributed by atoms with Crippen LogP contribution in [0, 0.1) is 0 Å². The van der Waals surface area contributed by atoms with Crippen molar-refractivity contribution in [2.45, 2.75) is 31.3 Å². The number of aromatic amines is 1. The molecule has 0 aliphatic carbocycles. The van der Waals surface area contributed by atoms with E-state index in [1.165, 1.54) is 5.56 Å². The van der Waals surface area contributed by atoms with Gasteiger partial charge in [0.25, 0.3) is 5.56 Å². The van der Waals surface area contributed by atoms with E-state index in [4.69, 9.17) is 0 Å². The van der Waals surface area contributed by atoms with Crippen molar-refractivity contribution in [3.63, 3.8) is 0 Å². The van der Waals surface area contributed by atoms with Crippen LogP contribution in [0.2, 0.25) is 0 Å². The lowest BCUT2D eigenvalue weighted by Gasteiger charge is -2.08. The lowest BCUT2D eigenvalue weighted by Crippen LogP contribution is -2.15. The molecule has 0 aliphatic rings. The molecule has 1 aromatic carbocycles. The van der Waals surface area contributed by atoms with E-state index in [-0.39, 0.29) is 5.56 Å². The minimum Gasteiger partial charge on any atom is -0.355 e. The summed E-state index contributed by atoms with van der Waals surface area (Å²) in [7, 11) is 0. The Kier molecular flexibility index (Phi) is 5.87. The van der Waals surface area contributed by atoms with E-state index < -0.39 is 0 Å². The van der Waals surface area contributed by atoms with E-state index in [0.29, 0.717) is 11.2 Å². The van der Waals surface area contributed by atoms with E-state index in [9.17, 15) is 4.79 Å². The minimum atomic E-state index is -0.105. The van der Waals surface area contributed by atoms with Crippen molar-refractivity contribution in [3.8, 4) is 0 Å². The summed E-state index contributed by atoms with van der Waals surface area (Å²) in [5.74, 6) is 1.31. The molecule has 1 aromatic heterocycles. The molecule has 0 amide bonds. The fourth-order valence-electron chi connectivity index (χ4n) is 1.89. The molecule has 2 aromatic rings. The zero-order valence-electron chi connectivity index (χ0n) is 12.4. The molecule has 112 valence electrons. The van der Waals surface area contributed by atoms with Crippen LogP contribution in [0.4, 0.5) is 5.95 Å². The molecule has 0 saturated heterocycles. The molecule has 0 aliphatic heterocycles. The van der Waals surface area contributed by atoms with Crippen LogP contribution < -0.4 is 10.9 Å². The van der Waals surface area contributed by atoms with Gasteiger partial charge >= 0.3 is 0 Å². The van der Waals surface area contributed by atoms with Crippen molar-refractivity contribution in [2.24, 2.45) is 0 Å². The van der Waals surface area contributed by atoms with E-state index in [1.54, 1.807) is 17.8 Å². The third kappa shape index (κ3) is 5.63. The van der Waals surface area contributed by atoms with E-state index in [1.807, 2.05) is 18.2 Å². The molecule has 21 heavy (non-hydrogen) atoms. The normalized spacial score (nSPS) is 10.8. The molecule has 1 heterocycles. The van der Waals surface area contributed by atoms with Gasteiger partial charge in [0.15, 0.2) is 0 Å². The zero-order chi connectivity index (χ0) is 15.1. The molecule has 4 nitrogen and oxygen atoms in total. The zero-order valence-corrected chi connectivity index (χ0v) is 13.2. The first-order valence-electron chi connectivity index (χ1n) is 7.13. The average molecular weight is 303 g/mol. The maximum atomic E-state index is 11.6. The van der Waals surface area contributed by atoms with Gasteiger partial charge in [-0.2, -0.15) is 11.8 Å². The second-order valence-electron chi connectivity index (χ2n) is 5.11. The molecule has 5 heteroatoms. The first-order valence-corrected chi connectivity index (χ1v) is 8.18. The highest BCUT2D eigenvalue weighted by Crippen LogP contribution is 2.15. The van der Waals surface area contributed by atoms with Gasteiger partial charge in [-0.15, -0.1) is 0 Å². The predicted molar refractivity (Wildman–Crippen MR) is 89.9 cm³/mol. The van der Waals surface area contributed by atoms with Gasteiger partial charge in [-0.3, -0.25) is 9.78 Å². The van der Waals surface area contributed by atoms with Crippen LogP contribution in [0.5, 0.6) is 0 Å². The topological polar surface area (TPSA) is 57.8 Å². The van der Waals surface area contributed by atoms with Gasteiger partial charge in [-0.05, 0) is 17.2 Å². The number of H-pyrrole nitrogens is 1. The van der Waals surface area contributed by atoms with Crippen molar-refractivity contribution in [1.29, 1.82) is 0 Å². The van der Waals surface area contributed by atoms with Crippen molar-refractivity contribution in [1.82, 2.24) is 9.97 Å². The van der Waals surface area contributed by atoms with Crippen LogP contribution in [0.3, 0.4) is 0 Å². The molecule has 0 bridgehead atoms. The summed E-state index contributed by atoms with van der Waals surface area (Å²) < 4.78 is 0. The summed E-state index contributed by atoms with van der Waals surface area (Å²) in [6.45, 7) is 5.02. The Morgan fingerprint density at radius 1 is 1.29 bits per heavy atom. The number of aromatic nitrogens is 2. The van der Waals surface area contributed by atoms with Gasteiger partial charge in [-0.1, -0.05) is 44.2 Å². The maximum Gasteiger partial charge on any atom is 0.252 e. The number of nitrogens with one attached hydrogen (secondary N) is 2. The lowest BCUT2D eigenvalue weighted by molar-refractivity contribution is 0.961. The highest BCUT2D eigenvalue weighted by molar-refractivity contribution is 7.99. The number of rotatable bonds is 7. The van der Waals surface area contributed by atoms with Crippen molar-refractivity contribution < 1.29 is 0 Å². The van der Waals surface area contributed by atoms with Gasteiger partial charge in [0, 0.05) is 18.4 Å². The average Bonchev–Trinajstić information content (AvgIpc) is 2.46. The Bertz CT molecular complexity index is 610. The first-order chi connectivity index (χ1) is 10.1. The van der Waals surface area contributed by atoms with Crippen LogP contribution >= 0.6 is 11.8 Å². The van der Waals surface area contributed by atoms with Gasteiger partial charge in [-0.25, -0.2) is 4.98 Å². The van der Waals surface area contributed by atoms with E-state index in [0.717, 1.165) is 24.4 Å². The summed E-state index contributed by atoms with van der Waals surface area (Å²) >= 11 is 1.78. The molecule has 0 spiro atoms. The number of hydrogen-bond donors (Lipinski definition) is 2. The molecule has 2 rings (SSSR count). The second-order valence-corrected chi connectivity index (χ2v) is 6.67. The maximum absolute atomic E-state index is 11.6. The predicted octanol–water partition coefficient (Wildman–Crippen LogP) is 3.07. The highest BCUT2D eigenvalue weighted by Gasteiger charge is 2.03. The quantitative estimate of drug-likeness (QED) is 0.825. The van der Waals surface area contributed by atoms with Gasteiger partial charge in [0.05, 0.1) is 5.69 Å². The SMILES string of the molecule is CC(C)SCc1cc(=O)[nH]c(NCCc2ccccc2)n1. The molecular formula is C16H21N3OS. The monoisotopic (exact) mass is 303 g/mol. The molecule has 0 fully saturated rings. The third-order valence-corrected chi connectivity index (χ3v) is 4.04. The fraction of sp³-hybridized carbons (Fsp3) is 0.375. The molecule has 0 atom stereocenters. The second kappa shape index (κ2) is 7.88. The molecule has 0 radical (unpaired) electrons. The van der Waals surface area contributed by atoms with Gasteiger partial charge < -0.3 is 5.32 Å². The summed E-state index contributed by atoms with van der Waals surface area (Å²) in [6.07, 6.45) is 0.898. The molecule has 0 unspecified atom stereocenters. The van der Waals surface area contributed by atoms with Crippen LogP contribution in [-0.4, -0.2) is 21.8 Å². The Morgan fingerprint density at radius 3 is 2.76 bits per heavy atom. The van der Waals surface area contributed by atoms with Crippen LogP contribution in [-0.2, 0) is 12.2 Å². The fourth-order valence-corrected chi connectivity index (χ4v) is 2.54. The number of nitrogens with zero attached hydrogens (tertiary/aromatic N) is 1. The van der Waals surface area contributed by atoms with Crippen molar-refractivity contribution in [2.75, 3.05) is 11.9 Å². The number of thioether (sulfide) groups is 1. The summed E-state index contributed by atoms with van der Waals surface area (Å²) in [5.41, 5.74) is 1.98. The van der Waals surface area contributed by atoms with Crippen LogP contribution in [0.1, 0.15) is 25.1 Å². The van der Waals surface area contributed by atoms with Crippen LogP contribution in [0.15, 0.2) is 41.2 Å². The minimum absolute atomic E-state index is 0.105. The Morgan fingerprint density at radius 2 is 2.05 bits per heavy atom. The number of benzene rings is 1. The molecule has 2 N–H and O–H groups in total. The molecular weight excluding hydrogens is 282 g/mol. The Hall–Kier alpha value is -1.75. The number of hydrogen-bond acceptors (Lipinski definition) is 4. The molecule has 0 saturated carbocycles. The lowest BCUT2D eigenvalue weighted by atomic mass is 10.1. The van der Waals surface area contributed by atoms with Gasteiger partial charge in [0.2, 0.25) is 5.95 Å².